The Morgan fingerprint density at radius 2 is 2.18 bits per heavy atom. The average Bonchev–Trinajstić information content (AvgIpc) is 2.95. The van der Waals surface area contributed by atoms with Crippen LogP contribution in [-0.2, 0) is 27.9 Å². The number of ether oxygens (including phenoxy) is 2. The number of hydrogen-bond acceptors (Lipinski definition) is 12. The minimum absolute atomic E-state index is 0.108. The summed E-state index contributed by atoms with van der Waals surface area (Å²) in [5.41, 5.74) is 4.46. The van der Waals surface area contributed by atoms with Gasteiger partial charge in [0, 0.05) is 11.9 Å². The van der Waals surface area contributed by atoms with Gasteiger partial charge >= 0.3 is 19.4 Å². The summed E-state index contributed by atoms with van der Waals surface area (Å²) in [6, 6.07) is 0.112. The number of nitrogens with zero attached hydrogens (tertiary/aromatic N) is 2. The van der Waals surface area contributed by atoms with E-state index in [0.29, 0.717) is 4.57 Å². The Balaban J connectivity index is 2.15. The lowest BCUT2D eigenvalue weighted by Gasteiger charge is -2.24. The first-order valence-electron chi connectivity index (χ1n) is 10.1. The third-order valence-electron chi connectivity index (χ3n) is 4.41. The van der Waals surface area contributed by atoms with Crippen LogP contribution in [0.5, 0.6) is 0 Å². The molecule has 2 rings (SSSR count). The molecular formula is C17H28ClFN5O8PS. The number of hydrogen-bond donors (Lipinski definition) is 4. The number of aromatic nitrogens is 2. The van der Waals surface area contributed by atoms with Crippen LogP contribution in [0.2, 0.25) is 0 Å². The highest BCUT2D eigenvalue weighted by molar-refractivity contribution is 7.97. The Hall–Kier alpha value is -1.29. The van der Waals surface area contributed by atoms with Gasteiger partial charge in [-0.3, -0.25) is 23.5 Å². The van der Waals surface area contributed by atoms with Crippen molar-refractivity contribution < 1.29 is 37.4 Å². The van der Waals surface area contributed by atoms with Crippen LogP contribution >= 0.6 is 31.3 Å². The van der Waals surface area contributed by atoms with Crippen LogP contribution in [-0.4, -0.2) is 69.1 Å². The minimum Gasteiger partial charge on any atom is -0.462 e. The van der Waals surface area contributed by atoms with Gasteiger partial charge in [0.2, 0.25) is 0 Å². The van der Waals surface area contributed by atoms with E-state index in [1.807, 2.05) is 0 Å². The van der Waals surface area contributed by atoms with E-state index >= 15 is 4.39 Å². The van der Waals surface area contributed by atoms with E-state index < -0.39 is 61.7 Å². The lowest BCUT2D eigenvalue weighted by Crippen LogP contribution is -2.41. The molecule has 0 amide bonds. The van der Waals surface area contributed by atoms with Crippen molar-refractivity contribution in [1.82, 2.24) is 14.6 Å². The number of aliphatic hydroxyl groups is 1. The van der Waals surface area contributed by atoms with E-state index in [4.69, 9.17) is 41.0 Å². The van der Waals surface area contributed by atoms with Gasteiger partial charge in [-0.25, -0.2) is 18.8 Å². The maximum atomic E-state index is 15.1. The molecule has 1 aliphatic rings. The fourth-order valence-corrected chi connectivity index (χ4v) is 4.90. The second kappa shape index (κ2) is 12.1. The molecule has 0 saturated carbocycles. The van der Waals surface area contributed by atoms with Crippen molar-refractivity contribution >= 4 is 43.1 Å². The number of esters is 1. The second-order valence-corrected chi connectivity index (χ2v) is 10.6. The van der Waals surface area contributed by atoms with E-state index in [1.54, 1.807) is 13.8 Å². The van der Waals surface area contributed by atoms with Crippen LogP contribution in [0, 0.1) is 0 Å². The first kappa shape index (κ1) is 28.9. The van der Waals surface area contributed by atoms with Crippen LogP contribution in [0.15, 0.2) is 17.1 Å². The summed E-state index contributed by atoms with van der Waals surface area (Å²) in [7, 11) is -4.20. The van der Waals surface area contributed by atoms with Gasteiger partial charge in [-0.1, -0.05) is 23.5 Å². The SMILES string of the molecule is CC(C)OC(=O)C(C)NP(=O)(OCCSN)OCC1OC(n2ccc(N)nc2=O)C(F)(Cl)C1O. The van der Waals surface area contributed by atoms with Gasteiger partial charge in [-0.15, -0.1) is 0 Å². The molecule has 0 radical (unpaired) electrons. The maximum Gasteiger partial charge on any atom is 0.406 e. The maximum absolute atomic E-state index is 15.1. The van der Waals surface area contributed by atoms with Crippen LogP contribution in [0.4, 0.5) is 10.2 Å². The Bertz CT molecular complexity index is 957. The lowest BCUT2D eigenvalue weighted by molar-refractivity contribution is -0.149. The number of alkyl halides is 2. The predicted molar refractivity (Wildman–Crippen MR) is 122 cm³/mol. The van der Waals surface area contributed by atoms with Gasteiger partial charge < -0.3 is 20.3 Å². The van der Waals surface area contributed by atoms with Crippen molar-refractivity contribution in [2.45, 2.75) is 56.5 Å². The van der Waals surface area contributed by atoms with Crippen LogP contribution in [0.1, 0.15) is 27.0 Å². The number of nitrogens with two attached hydrogens (primary N) is 2. The van der Waals surface area contributed by atoms with Crippen molar-refractivity contribution in [2.24, 2.45) is 5.14 Å². The van der Waals surface area contributed by atoms with Gasteiger partial charge in [-0.2, -0.15) is 4.98 Å². The first-order chi connectivity index (χ1) is 15.8. The summed E-state index contributed by atoms with van der Waals surface area (Å²) in [4.78, 5) is 27.6. The average molecular weight is 548 g/mol. The highest BCUT2D eigenvalue weighted by Crippen LogP contribution is 2.48. The zero-order valence-corrected chi connectivity index (χ0v) is 21.1. The molecule has 2 heterocycles. The fraction of sp³-hybridized carbons (Fsp3) is 0.706. The molecule has 17 heteroatoms. The minimum atomic E-state index is -4.20. The summed E-state index contributed by atoms with van der Waals surface area (Å²) in [6.07, 6.45) is -4.58. The van der Waals surface area contributed by atoms with Gasteiger partial charge in [-0.05, 0) is 26.8 Å². The molecule has 6 unspecified atom stereocenters. The van der Waals surface area contributed by atoms with Gasteiger partial charge in [0.25, 0.3) is 5.13 Å². The zero-order valence-electron chi connectivity index (χ0n) is 18.6. The zero-order chi connectivity index (χ0) is 25.7. The highest BCUT2D eigenvalue weighted by Gasteiger charge is 2.58. The number of carbonyl (C=O) groups excluding carboxylic acids is 1. The van der Waals surface area contributed by atoms with E-state index in [1.165, 1.54) is 13.0 Å². The van der Waals surface area contributed by atoms with Crippen molar-refractivity contribution in [3.63, 3.8) is 0 Å². The van der Waals surface area contributed by atoms with E-state index in [2.05, 4.69) is 10.1 Å². The molecule has 6 atom stereocenters. The van der Waals surface area contributed by atoms with E-state index in [9.17, 15) is 19.3 Å². The van der Waals surface area contributed by atoms with E-state index in [0.717, 1.165) is 18.1 Å². The third kappa shape index (κ3) is 7.35. The second-order valence-electron chi connectivity index (χ2n) is 7.52. The largest absolute Gasteiger partial charge is 0.462 e. The monoisotopic (exact) mass is 547 g/mol. The number of rotatable bonds is 12. The molecule has 1 saturated heterocycles. The molecule has 194 valence electrons. The number of nitrogens with one attached hydrogen (secondary N) is 1. The lowest BCUT2D eigenvalue weighted by atomic mass is 10.1. The summed E-state index contributed by atoms with van der Waals surface area (Å²) >= 11 is 6.76. The van der Waals surface area contributed by atoms with Crippen molar-refractivity contribution in [2.75, 3.05) is 24.7 Å². The molecule has 0 bridgehead atoms. The van der Waals surface area contributed by atoms with Crippen LogP contribution in [0.3, 0.4) is 0 Å². The predicted octanol–water partition coefficient (Wildman–Crippen LogP) is 0.666. The quantitative estimate of drug-likeness (QED) is 0.0939. The smallest absolute Gasteiger partial charge is 0.406 e. The van der Waals surface area contributed by atoms with Crippen molar-refractivity contribution in [3.8, 4) is 0 Å². The summed E-state index contributed by atoms with van der Waals surface area (Å²) in [6.45, 7) is 3.86. The van der Waals surface area contributed by atoms with Crippen LogP contribution < -0.4 is 21.6 Å². The van der Waals surface area contributed by atoms with Gasteiger partial charge in [0.1, 0.15) is 24.1 Å². The summed E-state index contributed by atoms with van der Waals surface area (Å²) < 4.78 is 50.1. The van der Waals surface area contributed by atoms with E-state index in [-0.39, 0.29) is 18.2 Å². The molecule has 1 aromatic rings. The molecule has 34 heavy (non-hydrogen) atoms. The van der Waals surface area contributed by atoms with Gasteiger partial charge in [0.15, 0.2) is 6.23 Å². The molecule has 0 aromatic carbocycles. The molecule has 0 aliphatic carbocycles. The molecule has 1 aromatic heterocycles. The Labute approximate surface area is 204 Å². The molecule has 1 fully saturated rings. The molecular weight excluding hydrogens is 520 g/mol. The number of carbonyl (C=O) groups is 1. The fourth-order valence-electron chi connectivity index (χ4n) is 2.82. The summed E-state index contributed by atoms with van der Waals surface area (Å²) in [5.74, 6) is -0.581. The van der Waals surface area contributed by atoms with Crippen molar-refractivity contribution in [1.29, 1.82) is 0 Å². The van der Waals surface area contributed by atoms with Crippen LogP contribution in [0.25, 0.3) is 0 Å². The highest BCUT2D eigenvalue weighted by atomic mass is 35.5. The number of nitrogen functional groups attached to an aromatic ring is 1. The van der Waals surface area contributed by atoms with Gasteiger partial charge in [0.05, 0.1) is 19.3 Å². The number of halogens is 2. The number of anilines is 1. The molecule has 0 spiro atoms. The Morgan fingerprint density at radius 1 is 1.50 bits per heavy atom. The molecule has 13 nitrogen and oxygen atoms in total. The molecule has 1 aliphatic heterocycles. The Morgan fingerprint density at radius 3 is 2.76 bits per heavy atom. The topological polar surface area (TPSA) is 190 Å². The number of aliphatic hydroxyl groups excluding tert-OH is 1. The van der Waals surface area contributed by atoms with Crippen molar-refractivity contribution in [3.05, 3.63) is 22.7 Å². The summed E-state index contributed by atoms with van der Waals surface area (Å²) in [5, 5.41) is 15.2. The Kier molecular flexibility index (Phi) is 10.3. The normalized spacial score (nSPS) is 27.5. The third-order valence-corrected chi connectivity index (χ3v) is 6.94. The standard InChI is InChI=1S/C17H28ClFN5O8PS/c1-9(2)31-14(26)10(3)23-33(28,29-6-7-34-21)30-8-11-13(25)17(18,19)15(32-11)24-5-4-12(20)22-16(24)27/h4-5,9-11,13,15,25H,6-8,21H2,1-3H3,(H,23,28)(H2,20,22,27). The first-order valence-corrected chi connectivity index (χ1v) is 13.0. The molecule has 6 N–H and O–H groups in total.